The molecule has 3 nitrogen and oxygen atoms in total. The van der Waals surface area contributed by atoms with E-state index in [-0.39, 0.29) is 0 Å². The van der Waals surface area contributed by atoms with E-state index in [4.69, 9.17) is 16.3 Å². The molecule has 20 heavy (non-hydrogen) atoms. The molecule has 0 amide bonds. The van der Waals surface area contributed by atoms with Crippen LogP contribution in [-0.4, -0.2) is 50.8 Å². The Morgan fingerprint density at radius 3 is 2.75 bits per heavy atom. The molecular formula is C16H23ClN2O. The summed E-state index contributed by atoms with van der Waals surface area (Å²) in [4.78, 5) is 5.04. The summed E-state index contributed by atoms with van der Waals surface area (Å²) in [7, 11) is 0. The van der Waals surface area contributed by atoms with Crippen molar-refractivity contribution >= 4 is 17.3 Å². The van der Waals surface area contributed by atoms with Gasteiger partial charge in [0.25, 0.3) is 0 Å². The second-order valence-corrected chi connectivity index (χ2v) is 6.38. The monoisotopic (exact) mass is 294 g/mol. The molecule has 0 radical (unpaired) electrons. The molecule has 110 valence electrons. The van der Waals surface area contributed by atoms with Crippen LogP contribution in [0.1, 0.15) is 12.0 Å². The second-order valence-electron chi connectivity index (χ2n) is 5.95. The van der Waals surface area contributed by atoms with Crippen LogP contribution < -0.4 is 4.90 Å². The van der Waals surface area contributed by atoms with Crippen LogP contribution in [-0.2, 0) is 4.74 Å². The Balaban J connectivity index is 1.56. The number of rotatable bonds is 3. The minimum atomic E-state index is 0.745. The maximum Gasteiger partial charge on any atom is 0.0507 e. The summed E-state index contributed by atoms with van der Waals surface area (Å²) in [5.74, 6) is 0.745. The fourth-order valence-electron chi connectivity index (χ4n) is 3.19. The molecule has 0 aromatic heterocycles. The Kier molecular flexibility index (Phi) is 4.49. The average Bonchev–Trinajstić information content (AvgIpc) is 2.95. The lowest BCUT2D eigenvalue weighted by Gasteiger charge is -2.37. The van der Waals surface area contributed by atoms with Crippen LogP contribution >= 0.6 is 11.6 Å². The summed E-state index contributed by atoms with van der Waals surface area (Å²) in [6.07, 6.45) is 1.23. The molecule has 0 aliphatic carbocycles. The first-order valence-corrected chi connectivity index (χ1v) is 7.91. The van der Waals surface area contributed by atoms with Gasteiger partial charge in [0.05, 0.1) is 6.61 Å². The van der Waals surface area contributed by atoms with E-state index in [9.17, 15) is 0 Å². The Labute approximate surface area is 126 Å². The minimum absolute atomic E-state index is 0.745. The van der Waals surface area contributed by atoms with Gasteiger partial charge >= 0.3 is 0 Å². The fraction of sp³-hybridized carbons (Fsp3) is 0.625. The van der Waals surface area contributed by atoms with Crippen LogP contribution in [0.4, 0.5) is 5.69 Å². The molecule has 1 atom stereocenters. The van der Waals surface area contributed by atoms with Crippen LogP contribution in [0.15, 0.2) is 18.2 Å². The zero-order valence-electron chi connectivity index (χ0n) is 12.1. The summed E-state index contributed by atoms with van der Waals surface area (Å²) in [5.41, 5.74) is 2.60. The number of hydrogen-bond donors (Lipinski definition) is 0. The topological polar surface area (TPSA) is 15.7 Å². The standard InChI is InChI=1S/C16H23ClN2O/c1-13-2-3-15(17)10-16(13)19-7-5-18(6-8-19)11-14-4-9-20-12-14/h2-3,10,14H,4-9,11-12H2,1H3. The molecule has 2 saturated heterocycles. The maximum atomic E-state index is 6.13. The van der Waals surface area contributed by atoms with Gasteiger partial charge in [-0.25, -0.2) is 0 Å². The number of benzene rings is 1. The fourth-order valence-corrected chi connectivity index (χ4v) is 3.35. The average molecular weight is 295 g/mol. The highest BCUT2D eigenvalue weighted by Gasteiger charge is 2.23. The quantitative estimate of drug-likeness (QED) is 0.852. The predicted octanol–water partition coefficient (Wildman–Crippen LogP) is 2.81. The SMILES string of the molecule is Cc1ccc(Cl)cc1N1CCN(CC2CCOC2)CC1. The molecule has 1 aromatic carbocycles. The number of ether oxygens (including phenoxy) is 1. The molecule has 3 rings (SSSR count). The minimum Gasteiger partial charge on any atom is -0.381 e. The number of aryl methyl sites for hydroxylation is 1. The van der Waals surface area contributed by atoms with E-state index < -0.39 is 0 Å². The molecule has 1 aromatic rings. The van der Waals surface area contributed by atoms with E-state index in [1.165, 1.54) is 24.2 Å². The van der Waals surface area contributed by atoms with Crippen molar-refractivity contribution in [2.75, 3.05) is 50.8 Å². The van der Waals surface area contributed by atoms with Gasteiger partial charge in [0.1, 0.15) is 0 Å². The summed E-state index contributed by atoms with van der Waals surface area (Å²) in [6, 6.07) is 6.17. The Hall–Kier alpha value is -0.770. The van der Waals surface area contributed by atoms with Crippen molar-refractivity contribution in [1.82, 2.24) is 4.90 Å². The van der Waals surface area contributed by atoms with Gasteiger partial charge in [0.15, 0.2) is 0 Å². The smallest absolute Gasteiger partial charge is 0.0507 e. The molecule has 2 aliphatic rings. The zero-order valence-corrected chi connectivity index (χ0v) is 12.9. The van der Waals surface area contributed by atoms with E-state index in [1.807, 2.05) is 6.07 Å². The third-order valence-electron chi connectivity index (χ3n) is 4.42. The molecule has 2 fully saturated rings. The number of halogens is 1. The summed E-state index contributed by atoms with van der Waals surface area (Å²) >= 11 is 6.13. The molecule has 0 saturated carbocycles. The number of anilines is 1. The third-order valence-corrected chi connectivity index (χ3v) is 4.66. The van der Waals surface area contributed by atoms with Gasteiger partial charge in [0, 0.05) is 50.0 Å². The summed E-state index contributed by atoms with van der Waals surface area (Å²) in [6.45, 7) is 9.73. The number of hydrogen-bond acceptors (Lipinski definition) is 3. The normalized spacial score (nSPS) is 24.3. The van der Waals surface area contributed by atoms with Gasteiger partial charge in [-0.05, 0) is 37.0 Å². The van der Waals surface area contributed by atoms with Crippen molar-refractivity contribution in [2.45, 2.75) is 13.3 Å². The van der Waals surface area contributed by atoms with Crippen molar-refractivity contribution in [3.05, 3.63) is 28.8 Å². The third kappa shape index (κ3) is 3.27. The Morgan fingerprint density at radius 1 is 1.25 bits per heavy atom. The van der Waals surface area contributed by atoms with Crippen molar-refractivity contribution in [2.24, 2.45) is 5.92 Å². The van der Waals surface area contributed by atoms with E-state index >= 15 is 0 Å². The maximum absolute atomic E-state index is 6.13. The van der Waals surface area contributed by atoms with Crippen LogP contribution in [0.25, 0.3) is 0 Å². The Morgan fingerprint density at radius 2 is 2.05 bits per heavy atom. The molecule has 1 unspecified atom stereocenters. The zero-order chi connectivity index (χ0) is 13.9. The number of piperazine rings is 1. The first kappa shape index (κ1) is 14.2. The summed E-state index contributed by atoms with van der Waals surface area (Å²) < 4.78 is 5.47. The molecule has 0 bridgehead atoms. The van der Waals surface area contributed by atoms with Gasteiger partial charge in [0.2, 0.25) is 0 Å². The van der Waals surface area contributed by atoms with E-state index in [2.05, 4.69) is 28.9 Å². The van der Waals surface area contributed by atoms with Gasteiger partial charge in [-0.3, -0.25) is 4.90 Å². The van der Waals surface area contributed by atoms with Crippen LogP contribution in [0.5, 0.6) is 0 Å². The van der Waals surface area contributed by atoms with E-state index in [1.54, 1.807) is 0 Å². The van der Waals surface area contributed by atoms with E-state index in [0.717, 1.165) is 50.3 Å². The molecule has 2 heterocycles. The molecule has 0 spiro atoms. The van der Waals surface area contributed by atoms with Gasteiger partial charge in [-0.1, -0.05) is 17.7 Å². The molecule has 4 heteroatoms. The van der Waals surface area contributed by atoms with Crippen LogP contribution in [0.2, 0.25) is 5.02 Å². The van der Waals surface area contributed by atoms with Gasteiger partial charge in [-0.2, -0.15) is 0 Å². The van der Waals surface area contributed by atoms with E-state index in [0.29, 0.717) is 0 Å². The molecule has 2 aliphatic heterocycles. The molecule has 0 N–H and O–H groups in total. The molecular weight excluding hydrogens is 272 g/mol. The van der Waals surface area contributed by atoms with Crippen molar-refractivity contribution in [1.29, 1.82) is 0 Å². The second kappa shape index (κ2) is 6.33. The Bertz CT molecular complexity index is 452. The first-order valence-electron chi connectivity index (χ1n) is 7.53. The largest absolute Gasteiger partial charge is 0.381 e. The number of nitrogens with zero attached hydrogens (tertiary/aromatic N) is 2. The summed E-state index contributed by atoms with van der Waals surface area (Å²) in [5, 5.41) is 0.830. The van der Waals surface area contributed by atoms with Crippen LogP contribution in [0, 0.1) is 12.8 Å². The lowest BCUT2D eigenvalue weighted by Crippen LogP contribution is -2.48. The van der Waals surface area contributed by atoms with Crippen molar-refractivity contribution in [3.8, 4) is 0 Å². The highest BCUT2D eigenvalue weighted by Crippen LogP contribution is 2.25. The van der Waals surface area contributed by atoms with Crippen LogP contribution in [0.3, 0.4) is 0 Å². The van der Waals surface area contributed by atoms with Crippen molar-refractivity contribution < 1.29 is 4.74 Å². The lowest BCUT2D eigenvalue weighted by atomic mass is 10.1. The first-order chi connectivity index (χ1) is 9.72. The van der Waals surface area contributed by atoms with Crippen molar-refractivity contribution in [3.63, 3.8) is 0 Å². The lowest BCUT2D eigenvalue weighted by molar-refractivity contribution is 0.164. The van der Waals surface area contributed by atoms with Gasteiger partial charge in [-0.15, -0.1) is 0 Å². The van der Waals surface area contributed by atoms with Gasteiger partial charge < -0.3 is 9.64 Å². The highest BCUT2D eigenvalue weighted by molar-refractivity contribution is 6.30. The predicted molar refractivity (Wildman–Crippen MR) is 83.8 cm³/mol. The highest BCUT2D eigenvalue weighted by atomic mass is 35.5.